The molecule has 0 unspecified atom stereocenters. The summed E-state index contributed by atoms with van der Waals surface area (Å²) >= 11 is 1.14. The molecule has 1 aromatic rings. The Labute approximate surface area is 85.8 Å². The van der Waals surface area contributed by atoms with Crippen LogP contribution < -0.4 is 10.9 Å². The molecule has 0 aliphatic rings. The van der Waals surface area contributed by atoms with Crippen LogP contribution in [0.4, 0.5) is 9.93 Å². The van der Waals surface area contributed by atoms with Crippen LogP contribution in [-0.4, -0.2) is 21.1 Å². The quantitative estimate of drug-likeness (QED) is 0.730. The van der Waals surface area contributed by atoms with Crippen LogP contribution in [0.2, 0.25) is 0 Å². The predicted octanol–water partition coefficient (Wildman–Crippen LogP) is 1.39. The maximum absolute atomic E-state index is 11.1. The molecule has 0 aliphatic heterocycles. The summed E-state index contributed by atoms with van der Waals surface area (Å²) in [5.74, 6) is 0. The molecule has 78 valence electrons. The van der Waals surface area contributed by atoms with Crippen molar-refractivity contribution in [2.24, 2.45) is 0 Å². The first-order chi connectivity index (χ1) is 6.47. The second kappa shape index (κ2) is 4.23. The highest BCUT2D eigenvalue weighted by molar-refractivity contribution is 7.09. The molecule has 1 heterocycles. The molecule has 1 rings (SSSR count). The Kier molecular flexibility index (Phi) is 3.23. The molecule has 0 aromatic carbocycles. The van der Waals surface area contributed by atoms with Crippen LogP contribution >= 0.6 is 11.5 Å². The van der Waals surface area contributed by atoms with Crippen molar-refractivity contribution in [2.45, 2.75) is 26.4 Å². The molecule has 14 heavy (non-hydrogen) atoms. The van der Waals surface area contributed by atoms with Crippen molar-refractivity contribution in [2.75, 3.05) is 5.43 Å². The van der Waals surface area contributed by atoms with Crippen LogP contribution in [-0.2, 0) is 4.74 Å². The second-order valence-electron chi connectivity index (χ2n) is 3.50. The Hall–Kier alpha value is -1.37. The molecule has 7 heteroatoms. The molecule has 0 spiro atoms. The number of ether oxygens (including phenoxy) is 1. The van der Waals surface area contributed by atoms with Crippen LogP contribution in [0.15, 0.2) is 6.33 Å². The topological polar surface area (TPSA) is 76.1 Å². The summed E-state index contributed by atoms with van der Waals surface area (Å²) in [7, 11) is 0. The van der Waals surface area contributed by atoms with E-state index in [1.807, 2.05) is 0 Å². The smallest absolute Gasteiger partial charge is 0.426 e. The van der Waals surface area contributed by atoms with E-state index < -0.39 is 11.7 Å². The predicted molar refractivity (Wildman–Crippen MR) is 52.9 cm³/mol. The fourth-order valence-corrected chi connectivity index (χ4v) is 1.02. The molecule has 0 bridgehead atoms. The van der Waals surface area contributed by atoms with Gasteiger partial charge in [0.2, 0.25) is 5.13 Å². The number of rotatable bonds is 2. The van der Waals surface area contributed by atoms with Gasteiger partial charge >= 0.3 is 6.09 Å². The molecule has 0 radical (unpaired) electrons. The number of nitrogens with zero attached hydrogens (tertiary/aromatic N) is 2. The Morgan fingerprint density at radius 1 is 1.57 bits per heavy atom. The van der Waals surface area contributed by atoms with Gasteiger partial charge in [0.25, 0.3) is 0 Å². The van der Waals surface area contributed by atoms with Crippen LogP contribution in [0.5, 0.6) is 0 Å². The van der Waals surface area contributed by atoms with Gasteiger partial charge in [-0.2, -0.15) is 4.37 Å². The third-order valence-electron chi connectivity index (χ3n) is 1.03. The lowest BCUT2D eigenvalue weighted by molar-refractivity contribution is 0.0541. The zero-order valence-electron chi connectivity index (χ0n) is 8.20. The number of carbonyl (C=O) groups excluding carboxylic acids is 1. The van der Waals surface area contributed by atoms with Crippen molar-refractivity contribution in [3.63, 3.8) is 0 Å². The summed E-state index contributed by atoms with van der Waals surface area (Å²) in [5.41, 5.74) is 4.40. The highest BCUT2D eigenvalue weighted by atomic mass is 32.1. The number of amides is 1. The SMILES string of the molecule is CC(C)(C)OC(=O)NNc1ncns1. The van der Waals surface area contributed by atoms with Gasteiger partial charge < -0.3 is 4.74 Å². The van der Waals surface area contributed by atoms with E-state index >= 15 is 0 Å². The van der Waals surface area contributed by atoms with E-state index in [2.05, 4.69) is 20.2 Å². The number of hydrogen-bond donors (Lipinski definition) is 2. The van der Waals surface area contributed by atoms with E-state index in [0.717, 1.165) is 11.5 Å². The van der Waals surface area contributed by atoms with Crippen molar-refractivity contribution < 1.29 is 9.53 Å². The van der Waals surface area contributed by atoms with Gasteiger partial charge in [-0.25, -0.2) is 15.2 Å². The number of carbonyl (C=O) groups is 1. The lowest BCUT2D eigenvalue weighted by Crippen LogP contribution is -2.35. The summed E-state index contributed by atoms with van der Waals surface area (Å²) in [6, 6.07) is 0. The van der Waals surface area contributed by atoms with Crippen molar-refractivity contribution in [3.05, 3.63) is 6.33 Å². The molecule has 0 saturated heterocycles. The molecule has 1 amide bonds. The zero-order valence-corrected chi connectivity index (χ0v) is 9.01. The molecular weight excluding hydrogens is 204 g/mol. The standard InChI is InChI=1S/C7H12N4O2S/c1-7(2,3)13-6(12)11-10-5-8-4-9-14-5/h4H,1-3H3,(H,11,12)(H,8,9,10). The van der Waals surface area contributed by atoms with Gasteiger partial charge in [0.1, 0.15) is 11.9 Å². The van der Waals surface area contributed by atoms with Gasteiger partial charge in [-0.15, -0.1) is 0 Å². The number of anilines is 1. The number of nitrogens with one attached hydrogen (secondary N) is 2. The summed E-state index contributed by atoms with van der Waals surface area (Å²) in [6.07, 6.45) is 0.844. The van der Waals surface area contributed by atoms with E-state index in [4.69, 9.17) is 4.74 Å². The van der Waals surface area contributed by atoms with Crippen LogP contribution in [0.3, 0.4) is 0 Å². The van der Waals surface area contributed by atoms with Gasteiger partial charge in [0.05, 0.1) is 0 Å². The van der Waals surface area contributed by atoms with Crippen molar-refractivity contribution >= 4 is 22.8 Å². The van der Waals surface area contributed by atoms with Crippen LogP contribution in [0.1, 0.15) is 20.8 Å². The average molecular weight is 216 g/mol. The zero-order chi connectivity index (χ0) is 10.6. The van der Waals surface area contributed by atoms with Gasteiger partial charge in [0, 0.05) is 11.5 Å². The molecular formula is C7H12N4O2S. The van der Waals surface area contributed by atoms with E-state index in [1.165, 1.54) is 6.33 Å². The fourth-order valence-electron chi connectivity index (χ4n) is 0.636. The van der Waals surface area contributed by atoms with Crippen LogP contribution in [0, 0.1) is 0 Å². The maximum atomic E-state index is 11.1. The lowest BCUT2D eigenvalue weighted by Gasteiger charge is -2.19. The van der Waals surface area contributed by atoms with E-state index in [1.54, 1.807) is 20.8 Å². The largest absolute Gasteiger partial charge is 0.443 e. The highest BCUT2D eigenvalue weighted by Gasteiger charge is 2.15. The number of hydrazine groups is 1. The van der Waals surface area contributed by atoms with Gasteiger partial charge in [-0.1, -0.05) is 0 Å². The first kappa shape index (κ1) is 10.7. The van der Waals surface area contributed by atoms with E-state index in [9.17, 15) is 4.79 Å². The molecule has 0 fully saturated rings. The summed E-state index contributed by atoms with van der Waals surface area (Å²) in [6.45, 7) is 5.37. The van der Waals surface area contributed by atoms with E-state index in [0.29, 0.717) is 5.13 Å². The Morgan fingerprint density at radius 2 is 2.29 bits per heavy atom. The molecule has 6 nitrogen and oxygen atoms in total. The maximum Gasteiger partial charge on any atom is 0.426 e. The highest BCUT2D eigenvalue weighted by Crippen LogP contribution is 2.07. The Morgan fingerprint density at radius 3 is 2.79 bits per heavy atom. The van der Waals surface area contributed by atoms with Crippen molar-refractivity contribution in [1.29, 1.82) is 0 Å². The van der Waals surface area contributed by atoms with Crippen molar-refractivity contribution in [3.8, 4) is 0 Å². The normalized spacial score (nSPS) is 10.8. The van der Waals surface area contributed by atoms with Crippen LogP contribution in [0.25, 0.3) is 0 Å². The minimum atomic E-state index is -0.548. The molecule has 2 N–H and O–H groups in total. The molecule has 1 aromatic heterocycles. The number of aromatic nitrogens is 2. The molecule has 0 atom stereocenters. The monoisotopic (exact) mass is 216 g/mol. The van der Waals surface area contributed by atoms with Gasteiger partial charge in [0.15, 0.2) is 0 Å². The molecule has 0 saturated carbocycles. The average Bonchev–Trinajstić information content (AvgIpc) is 2.49. The first-order valence-corrected chi connectivity index (χ1v) is 4.76. The Bertz CT molecular complexity index is 293. The van der Waals surface area contributed by atoms with E-state index in [-0.39, 0.29) is 0 Å². The third kappa shape index (κ3) is 4.04. The lowest BCUT2D eigenvalue weighted by atomic mass is 10.2. The minimum absolute atomic E-state index is 0.507. The number of hydrogen-bond acceptors (Lipinski definition) is 6. The van der Waals surface area contributed by atoms with Crippen molar-refractivity contribution in [1.82, 2.24) is 14.8 Å². The first-order valence-electron chi connectivity index (χ1n) is 3.99. The summed E-state index contributed by atoms with van der Waals surface area (Å²) in [4.78, 5) is 14.9. The van der Waals surface area contributed by atoms with Gasteiger partial charge in [-0.05, 0) is 20.8 Å². The Balaban J connectivity index is 2.29. The van der Waals surface area contributed by atoms with Gasteiger partial charge in [-0.3, -0.25) is 5.43 Å². The summed E-state index contributed by atoms with van der Waals surface area (Å²) < 4.78 is 8.73. The third-order valence-corrected chi connectivity index (χ3v) is 1.61. The fraction of sp³-hybridized carbons (Fsp3) is 0.571. The second-order valence-corrected chi connectivity index (χ2v) is 4.28. The molecule has 0 aliphatic carbocycles. The summed E-state index contributed by atoms with van der Waals surface area (Å²) in [5, 5.41) is 0.510. The minimum Gasteiger partial charge on any atom is -0.443 e.